The van der Waals surface area contributed by atoms with E-state index >= 15 is 0 Å². The number of fused-ring (bicyclic) bond motifs is 3. The number of methoxy groups -OCH3 is 1. The van der Waals surface area contributed by atoms with Gasteiger partial charge in [0, 0.05) is 10.9 Å². The zero-order chi connectivity index (χ0) is 20.4. The van der Waals surface area contributed by atoms with Crippen molar-refractivity contribution in [3.63, 3.8) is 0 Å². The molecular weight excluding hydrogens is 370 g/mol. The van der Waals surface area contributed by atoms with Crippen LogP contribution in [-0.2, 0) is 4.74 Å². The van der Waals surface area contributed by atoms with E-state index in [1.54, 1.807) is 14.0 Å². The number of para-hydroxylation sites is 1. The number of hydrogen-bond donors (Lipinski definition) is 0. The summed E-state index contributed by atoms with van der Waals surface area (Å²) in [6.45, 7) is 4.21. The maximum Gasteiger partial charge on any atom is 0.346 e. The fourth-order valence-electron chi connectivity index (χ4n) is 3.38. The fourth-order valence-corrected chi connectivity index (χ4v) is 3.38. The van der Waals surface area contributed by atoms with E-state index in [0.29, 0.717) is 29.0 Å². The van der Waals surface area contributed by atoms with Crippen molar-refractivity contribution in [2.45, 2.75) is 13.8 Å². The largest absolute Gasteiger partial charge is 0.497 e. The lowest BCUT2D eigenvalue weighted by Gasteiger charge is -2.08. The van der Waals surface area contributed by atoms with Crippen molar-refractivity contribution in [1.29, 1.82) is 0 Å². The number of hydrogen-bond acceptors (Lipinski definition) is 6. The molecule has 6 heteroatoms. The first-order chi connectivity index (χ1) is 14.2. The molecule has 148 valence electrons. The molecular formula is C23H21NO5. The second kappa shape index (κ2) is 7.83. The first-order valence-corrected chi connectivity index (χ1v) is 9.47. The van der Waals surface area contributed by atoms with Crippen LogP contribution in [0.2, 0.25) is 0 Å². The molecule has 2 aromatic carbocycles. The second-order valence-corrected chi connectivity index (χ2v) is 6.33. The molecule has 0 N–H and O–H groups in total. The lowest BCUT2D eigenvalue weighted by molar-refractivity contribution is 0.0521. The van der Waals surface area contributed by atoms with Gasteiger partial charge in [-0.25, -0.2) is 9.78 Å². The van der Waals surface area contributed by atoms with E-state index in [9.17, 15) is 4.79 Å². The van der Waals surface area contributed by atoms with Gasteiger partial charge in [0.05, 0.1) is 31.2 Å². The molecule has 6 nitrogen and oxygen atoms in total. The van der Waals surface area contributed by atoms with Crippen molar-refractivity contribution in [2.24, 2.45) is 0 Å². The van der Waals surface area contributed by atoms with Crippen LogP contribution < -0.4 is 9.47 Å². The monoisotopic (exact) mass is 391 g/mol. The Balaban J connectivity index is 2.11. The molecule has 0 bridgehead atoms. The van der Waals surface area contributed by atoms with E-state index < -0.39 is 5.97 Å². The van der Waals surface area contributed by atoms with Crippen molar-refractivity contribution < 1.29 is 23.4 Å². The molecule has 0 saturated carbocycles. The van der Waals surface area contributed by atoms with Crippen LogP contribution in [0.15, 0.2) is 52.9 Å². The van der Waals surface area contributed by atoms with Crippen LogP contribution in [0.1, 0.15) is 24.2 Å². The molecule has 29 heavy (non-hydrogen) atoms. The average molecular weight is 391 g/mol. The minimum atomic E-state index is -0.484. The number of furan rings is 1. The van der Waals surface area contributed by atoms with Gasteiger partial charge in [-0.05, 0) is 32.0 Å². The van der Waals surface area contributed by atoms with E-state index in [1.807, 2.05) is 55.5 Å². The smallest absolute Gasteiger partial charge is 0.346 e. The molecule has 0 amide bonds. The highest BCUT2D eigenvalue weighted by Crippen LogP contribution is 2.41. The summed E-state index contributed by atoms with van der Waals surface area (Å²) in [5.74, 6) is 0.360. The maximum absolute atomic E-state index is 12.8. The van der Waals surface area contributed by atoms with Gasteiger partial charge in [0.15, 0.2) is 11.1 Å². The normalized spacial score (nSPS) is 11.0. The van der Waals surface area contributed by atoms with Gasteiger partial charge in [-0.15, -0.1) is 0 Å². The third-order valence-electron chi connectivity index (χ3n) is 4.59. The van der Waals surface area contributed by atoms with Crippen molar-refractivity contribution in [3.05, 3.63) is 54.1 Å². The molecule has 0 unspecified atom stereocenters. The summed E-state index contributed by atoms with van der Waals surface area (Å²) >= 11 is 0. The predicted molar refractivity (Wildman–Crippen MR) is 111 cm³/mol. The Bertz CT molecular complexity index is 1190. The predicted octanol–water partition coefficient (Wildman–Crippen LogP) is 5.23. The Morgan fingerprint density at radius 2 is 1.90 bits per heavy atom. The number of rotatable bonds is 6. The van der Waals surface area contributed by atoms with E-state index in [2.05, 4.69) is 0 Å². The van der Waals surface area contributed by atoms with Crippen LogP contribution >= 0.6 is 0 Å². The van der Waals surface area contributed by atoms with E-state index in [-0.39, 0.29) is 18.1 Å². The Morgan fingerprint density at radius 1 is 1.07 bits per heavy atom. The van der Waals surface area contributed by atoms with E-state index in [1.165, 1.54) is 0 Å². The molecule has 4 rings (SSSR count). The van der Waals surface area contributed by atoms with E-state index in [0.717, 1.165) is 16.5 Å². The first-order valence-electron chi connectivity index (χ1n) is 9.47. The van der Waals surface area contributed by atoms with Crippen LogP contribution in [0.3, 0.4) is 0 Å². The zero-order valence-electron chi connectivity index (χ0n) is 16.5. The lowest BCUT2D eigenvalue weighted by atomic mass is 10.0. The highest BCUT2D eigenvalue weighted by atomic mass is 16.6. The highest BCUT2D eigenvalue weighted by molar-refractivity contribution is 6.18. The van der Waals surface area contributed by atoms with Crippen LogP contribution in [0.5, 0.6) is 11.7 Å². The lowest BCUT2D eigenvalue weighted by Crippen LogP contribution is -2.06. The standard InChI is InChI=1S/C23H21NO5/c1-4-27-22(25)19-18-16-11-6-7-12-17(16)24-20(21(18)29-23(19)28-5-2)14-9-8-10-15(13-14)26-3/h6-13H,4-5H2,1-3H3. The Hall–Kier alpha value is -3.54. The van der Waals surface area contributed by atoms with Crippen LogP contribution in [0.25, 0.3) is 33.1 Å². The van der Waals surface area contributed by atoms with Crippen molar-refractivity contribution >= 4 is 27.8 Å². The molecule has 0 aliphatic carbocycles. The van der Waals surface area contributed by atoms with Crippen molar-refractivity contribution in [1.82, 2.24) is 4.98 Å². The van der Waals surface area contributed by atoms with Gasteiger partial charge in [-0.3, -0.25) is 0 Å². The van der Waals surface area contributed by atoms with Gasteiger partial charge in [-0.2, -0.15) is 0 Å². The third-order valence-corrected chi connectivity index (χ3v) is 4.59. The zero-order valence-corrected chi connectivity index (χ0v) is 16.5. The van der Waals surface area contributed by atoms with Crippen molar-refractivity contribution in [2.75, 3.05) is 20.3 Å². The van der Waals surface area contributed by atoms with Gasteiger partial charge < -0.3 is 18.6 Å². The summed E-state index contributed by atoms with van der Waals surface area (Å²) in [7, 11) is 1.61. The summed E-state index contributed by atoms with van der Waals surface area (Å²) < 4.78 is 22.4. The summed E-state index contributed by atoms with van der Waals surface area (Å²) in [5, 5.41) is 1.43. The minimum Gasteiger partial charge on any atom is -0.497 e. The Morgan fingerprint density at radius 3 is 2.66 bits per heavy atom. The molecule has 2 aromatic heterocycles. The summed E-state index contributed by atoms with van der Waals surface area (Å²) in [4.78, 5) is 17.6. The molecule has 2 heterocycles. The topological polar surface area (TPSA) is 70.8 Å². The molecule has 0 radical (unpaired) electrons. The highest BCUT2D eigenvalue weighted by Gasteiger charge is 2.28. The molecule has 0 aliphatic heterocycles. The number of esters is 1. The van der Waals surface area contributed by atoms with Crippen LogP contribution in [0.4, 0.5) is 0 Å². The molecule has 0 spiro atoms. The molecule has 0 atom stereocenters. The molecule has 0 fully saturated rings. The quantitative estimate of drug-likeness (QED) is 0.419. The maximum atomic E-state index is 12.8. The molecule has 4 aromatic rings. The number of nitrogens with zero attached hydrogens (tertiary/aromatic N) is 1. The van der Waals surface area contributed by atoms with Crippen LogP contribution in [0, 0.1) is 0 Å². The summed E-state index contributed by atoms with van der Waals surface area (Å²) in [6.07, 6.45) is 0. The number of aromatic nitrogens is 1. The summed E-state index contributed by atoms with van der Waals surface area (Å²) in [6, 6.07) is 15.2. The van der Waals surface area contributed by atoms with Crippen molar-refractivity contribution in [3.8, 4) is 23.0 Å². The summed E-state index contributed by atoms with van der Waals surface area (Å²) in [5.41, 5.74) is 2.92. The molecule has 0 saturated heterocycles. The number of carbonyl (C=O) groups is 1. The number of carbonyl (C=O) groups excluding carboxylic acids is 1. The van der Waals surface area contributed by atoms with Gasteiger partial charge >= 0.3 is 11.9 Å². The van der Waals surface area contributed by atoms with Gasteiger partial charge in [0.1, 0.15) is 11.4 Å². The van der Waals surface area contributed by atoms with Gasteiger partial charge in [0.2, 0.25) is 0 Å². The number of benzene rings is 2. The second-order valence-electron chi connectivity index (χ2n) is 6.33. The SMILES string of the molecule is CCOC(=O)c1c(OCC)oc2c(-c3cccc(OC)c3)nc3ccccc3c12. The van der Waals surface area contributed by atoms with Gasteiger partial charge in [0.25, 0.3) is 0 Å². The molecule has 0 aliphatic rings. The average Bonchev–Trinajstić information content (AvgIpc) is 3.13. The van der Waals surface area contributed by atoms with Gasteiger partial charge in [-0.1, -0.05) is 30.3 Å². The van der Waals surface area contributed by atoms with E-state index in [4.69, 9.17) is 23.6 Å². The minimum absolute atomic E-state index is 0.142. The first kappa shape index (κ1) is 18.8. The number of ether oxygens (including phenoxy) is 3. The number of pyridine rings is 1. The Labute approximate surface area is 168 Å². The van der Waals surface area contributed by atoms with Crippen LogP contribution in [-0.4, -0.2) is 31.3 Å². The fraction of sp³-hybridized carbons (Fsp3) is 0.217. The Kier molecular flexibility index (Phi) is 5.08. The third kappa shape index (κ3) is 3.27.